The van der Waals surface area contributed by atoms with Crippen LogP contribution in [0, 0.1) is 0 Å². The molecule has 0 fully saturated rings. The minimum absolute atomic E-state index is 0.168. The maximum atomic E-state index is 9.52. The van der Waals surface area contributed by atoms with Gasteiger partial charge >= 0.3 is 0 Å². The van der Waals surface area contributed by atoms with E-state index in [1.807, 2.05) is 81.9 Å². The number of benzene rings is 10. The maximum absolute atomic E-state index is 9.52. The second-order valence-corrected chi connectivity index (χ2v) is 17.7. The van der Waals surface area contributed by atoms with Crippen LogP contribution >= 0.6 is 0 Å². The molecule has 0 unspecified atom stereocenters. The highest BCUT2D eigenvalue weighted by Gasteiger charge is 2.24. The van der Waals surface area contributed by atoms with Crippen molar-refractivity contribution in [1.82, 2.24) is 23.3 Å². The topological polar surface area (TPSA) is 32.6 Å². The van der Waals surface area contributed by atoms with E-state index >= 15 is 0 Å². The lowest BCUT2D eigenvalue weighted by molar-refractivity contribution is 1.01. The number of hydrogen-bond acceptors (Lipinski definition) is 1. The van der Waals surface area contributed by atoms with Gasteiger partial charge in [-0.1, -0.05) is 170 Å². The average Bonchev–Trinajstić information content (AvgIpc) is 4.40. The first-order valence-electron chi connectivity index (χ1n) is 27.3. The van der Waals surface area contributed by atoms with Crippen LogP contribution in [-0.4, -0.2) is 23.3 Å². The minimum Gasteiger partial charge on any atom is -0.309 e. The zero-order valence-electron chi connectivity index (χ0n) is 45.3. The van der Waals surface area contributed by atoms with Crippen molar-refractivity contribution in [2.24, 2.45) is 0 Å². The minimum atomic E-state index is -0.380. The molecule has 0 radical (unpaired) electrons. The zero-order chi connectivity index (χ0) is 52.8. The summed E-state index contributed by atoms with van der Waals surface area (Å²) in [6.07, 6.45) is 0. The molecule has 326 valence electrons. The molecule has 0 spiro atoms. The quantitative estimate of drug-likeness (QED) is 0.164. The molecule has 15 aromatic rings. The SMILES string of the molecule is [2H]c1c([2H])c([2H])c2c(c1[2H])c1ccccc1n2-c1cc(-c2c(-c3ccc(-n4c5ccccc5c5ccccc54)cc3)cccc2-n2c3ccccc3c3ccccc32)cc(-n2c3ccccc3c3c([2H])c([2H])c([2H])c([2H])c32)n1. The van der Waals surface area contributed by atoms with Gasteiger partial charge in [-0.15, -0.1) is 0 Å². The van der Waals surface area contributed by atoms with Crippen molar-refractivity contribution in [3.8, 4) is 45.3 Å². The van der Waals surface area contributed by atoms with E-state index < -0.39 is 0 Å². The summed E-state index contributed by atoms with van der Waals surface area (Å²) in [7, 11) is 0. The van der Waals surface area contributed by atoms with Crippen molar-refractivity contribution in [3.05, 3.63) is 249 Å². The van der Waals surface area contributed by atoms with Gasteiger partial charge in [0.15, 0.2) is 0 Å². The van der Waals surface area contributed by atoms with Crippen LogP contribution in [0.1, 0.15) is 11.0 Å². The lowest BCUT2D eigenvalue weighted by Gasteiger charge is -2.21. The third-order valence-electron chi connectivity index (χ3n) is 14.0. The van der Waals surface area contributed by atoms with Gasteiger partial charge < -0.3 is 9.13 Å². The Morgan fingerprint density at radius 3 is 1.14 bits per heavy atom. The molecule has 0 aliphatic rings. The Kier molecular flexibility index (Phi) is 6.76. The number of nitrogens with zero attached hydrogens (tertiary/aromatic N) is 5. The number of para-hydroxylation sites is 8. The molecule has 0 atom stereocenters. The molecule has 0 saturated heterocycles. The molecule has 15 rings (SSSR count). The van der Waals surface area contributed by atoms with E-state index in [1.54, 1.807) is 0 Å². The summed E-state index contributed by atoms with van der Waals surface area (Å²) >= 11 is 0. The first kappa shape index (κ1) is 31.5. The molecule has 0 N–H and O–H groups in total. The van der Waals surface area contributed by atoms with E-state index in [0.717, 1.165) is 60.9 Å². The van der Waals surface area contributed by atoms with E-state index in [0.29, 0.717) is 49.8 Å². The lowest BCUT2D eigenvalue weighted by atomic mass is 9.92. The molecule has 0 saturated carbocycles. The molecule has 0 aliphatic heterocycles. The maximum Gasteiger partial charge on any atom is 0.140 e. The van der Waals surface area contributed by atoms with E-state index in [4.69, 9.17) is 10.5 Å². The van der Waals surface area contributed by atoms with Gasteiger partial charge in [-0.2, -0.15) is 0 Å². The first-order valence-corrected chi connectivity index (χ1v) is 23.3. The zero-order valence-corrected chi connectivity index (χ0v) is 37.3. The van der Waals surface area contributed by atoms with Gasteiger partial charge in [0.2, 0.25) is 0 Å². The summed E-state index contributed by atoms with van der Waals surface area (Å²) in [6, 6.07) is 65.3. The van der Waals surface area contributed by atoms with Crippen molar-refractivity contribution in [3.63, 3.8) is 0 Å². The van der Waals surface area contributed by atoms with Crippen molar-refractivity contribution in [2.75, 3.05) is 0 Å². The van der Waals surface area contributed by atoms with Crippen molar-refractivity contribution < 1.29 is 11.0 Å². The third kappa shape index (κ3) is 5.57. The highest BCUT2D eigenvalue weighted by atomic mass is 15.1. The lowest BCUT2D eigenvalue weighted by Crippen LogP contribution is -2.06. The second kappa shape index (κ2) is 15.0. The molecule has 0 amide bonds. The molecule has 5 heteroatoms. The Hall–Kier alpha value is -9.45. The predicted octanol–water partition coefficient (Wildman–Crippen LogP) is 16.8. The molecule has 70 heavy (non-hydrogen) atoms. The molecule has 5 heterocycles. The average molecular weight is 900 g/mol. The van der Waals surface area contributed by atoms with Crippen LogP contribution in [0.15, 0.2) is 249 Å². The predicted molar refractivity (Wildman–Crippen MR) is 292 cm³/mol. The van der Waals surface area contributed by atoms with Crippen molar-refractivity contribution in [2.45, 2.75) is 0 Å². The van der Waals surface area contributed by atoms with Crippen LogP contribution in [-0.2, 0) is 0 Å². The fourth-order valence-corrected chi connectivity index (χ4v) is 11.1. The molecular formula is C65H41N5. The number of rotatable bonds is 6. The summed E-state index contributed by atoms with van der Waals surface area (Å²) in [4.78, 5) is 5.49. The summed E-state index contributed by atoms with van der Waals surface area (Å²) in [5.74, 6) is 0.658. The number of fused-ring (bicyclic) bond motifs is 12. The molecule has 5 nitrogen and oxygen atoms in total. The van der Waals surface area contributed by atoms with E-state index in [2.05, 4.69) is 137 Å². The molecule has 0 aliphatic carbocycles. The van der Waals surface area contributed by atoms with Gasteiger partial charge in [-0.25, -0.2) is 4.98 Å². The number of aromatic nitrogens is 5. The summed E-state index contributed by atoms with van der Waals surface area (Å²) < 4.78 is 81.4. The summed E-state index contributed by atoms with van der Waals surface area (Å²) in [5, 5.41) is 6.44. The fourth-order valence-electron chi connectivity index (χ4n) is 11.1. The standard InChI is InChI=1S/C65H41N5/c1-9-27-54-46(18-1)47-19-2-10-28-55(47)67(54)44-38-36-42(37-39-44)45-26-17-35-62(68-56-29-11-3-20-48(56)49-21-4-12-30-57(49)68)65(45)43-40-63(69-58-31-13-5-22-50(58)51-23-6-14-32-59(51)69)66-64(41-43)70-60-33-15-7-24-52(60)53-25-8-16-34-61(53)70/h1-41H/i5D,7D,13D,15D,22D,24D,31D,33D. The van der Waals surface area contributed by atoms with Gasteiger partial charge in [-0.05, 0) is 95.5 Å². The smallest absolute Gasteiger partial charge is 0.140 e. The Morgan fingerprint density at radius 2 is 0.686 bits per heavy atom. The van der Waals surface area contributed by atoms with E-state index in [-0.39, 0.29) is 59.4 Å². The highest BCUT2D eigenvalue weighted by molar-refractivity contribution is 6.13. The third-order valence-corrected chi connectivity index (χ3v) is 14.0. The van der Waals surface area contributed by atoms with E-state index in [1.165, 1.54) is 10.8 Å². The van der Waals surface area contributed by atoms with Gasteiger partial charge in [0.25, 0.3) is 0 Å². The first-order chi connectivity index (χ1) is 38.1. The normalized spacial score (nSPS) is 13.6. The number of pyridine rings is 1. The monoisotopic (exact) mass is 899 g/mol. The van der Waals surface area contributed by atoms with Crippen LogP contribution in [0.5, 0.6) is 0 Å². The van der Waals surface area contributed by atoms with Crippen LogP contribution in [0.2, 0.25) is 0 Å². The molecule has 10 aromatic carbocycles. The Labute approximate surface area is 413 Å². The summed E-state index contributed by atoms with van der Waals surface area (Å²) in [6.45, 7) is 0. The Bertz CT molecular complexity index is 4820. The van der Waals surface area contributed by atoms with Gasteiger partial charge in [0, 0.05) is 54.3 Å². The number of hydrogen-bond donors (Lipinski definition) is 0. The Balaban J connectivity index is 1.09. The molecule has 5 aromatic heterocycles. The Morgan fingerprint density at radius 1 is 0.300 bits per heavy atom. The second-order valence-electron chi connectivity index (χ2n) is 17.7. The van der Waals surface area contributed by atoms with Gasteiger partial charge in [0.1, 0.15) is 11.6 Å². The van der Waals surface area contributed by atoms with E-state index in [9.17, 15) is 5.48 Å². The van der Waals surface area contributed by atoms with Crippen LogP contribution in [0.3, 0.4) is 0 Å². The van der Waals surface area contributed by atoms with Gasteiger partial charge in [0.05, 0.1) is 60.8 Å². The fraction of sp³-hybridized carbons (Fsp3) is 0. The van der Waals surface area contributed by atoms with Crippen LogP contribution in [0.25, 0.3) is 132 Å². The highest BCUT2D eigenvalue weighted by Crippen LogP contribution is 2.44. The van der Waals surface area contributed by atoms with Crippen molar-refractivity contribution >= 4 is 87.2 Å². The van der Waals surface area contributed by atoms with Crippen LogP contribution < -0.4 is 0 Å². The van der Waals surface area contributed by atoms with Crippen LogP contribution in [0.4, 0.5) is 0 Å². The summed E-state index contributed by atoms with van der Waals surface area (Å²) in [5.41, 5.74) is 11.1. The van der Waals surface area contributed by atoms with Crippen molar-refractivity contribution in [1.29, 1.82) is 0 Å². The van der Waals surface area contributed by atoms with Gasteiger partial charge in [-0.3, -0.25) is 9.13 Å². The molecule has 0 bridgehead atoms. The largest absolute Gasteiger partial charge is 0.309 e. The molecular weight excluding hydrogens is 851 g/mol.